The van der Waals surface area contributed by atoms with E-state index in [9.17, 15) is 14.3 Å². The summed E-state index contributed by atoms with van der Waals surface area (Å²) in [5.74, 6) is -1.44. The largest absolute Gasteiger partial charge is 0.544 e. The van der Waals surface area contributed by atoms with Crippen molar-refractivity contribution < 1.29 is 20.0 Å². The molecule has 0 saturated heterocycles. The van der Waals surface area contributed by atoms with Crippen LogP contribution in [0.25, 0.3) is 0 Å². The van der Waals surface area contributed by atoms with E-state index < -0.39 is 18.2 Å². The monoisotopic (exact) mass is 121 g/mol. The molecule has 0 radical (unpaired) electrons. The van der Waals surface area contributed by atoms with Gasteiger partial charge in [0.15, 0.2) is 12.2 Å². The molecule has 0 rings (SSSR count). The van der Waals surface area contributed by atoms with Gasteiger partial charge in [-0.3, -0.25) is 0 Å². The molecule has 0 bridgehead atoms. The SMILES string of the molecule is C[C@H](F)[C@@H]([NH3+])C(=O)[O-]. The highest BCUT2D eigenvalue weighted by atomic mass is 19.1. The third kappa shape index (κ3) is 1.88. The Labute approximate surface area is 46.3 Å². The number of carbonyl (C=O) groups is 1. The van der Waals surface area contributed by atoms with Gasteiger partial charge in [-0.15, -0.1) is 0 Å². The Kier molecular flexibility index (Phi) is 2.41. The van der Waals surface area contributed by atoms with Crippen molar-refractivity contribution in [3.63, 3.8) is 0 Å². The van der Waals surface area contributed by atoms with Crippen LogP contribution in [-0.4, -0.2) is 18.2 Å². The lowest BCUT2D eigenvalue weighted by atomic mass is 10.2. The summed E-state index contributed by atoms with van der Waals surface area (Å²) < 4.78 is 11.9. The van der Waals surface area contributed by atoms with Crippen molar-refractivity contribution in [2.45, 2.75) is 19.1 Å². The highest BCUT2D eigenvalue weighted by Gasteiger charge is 2.14. The van der Waals surface area contributed by atoms with E-state index in [1.165, 1.54) is 0 Å². The predicted octanol–water partition coefficient (Wildman–Crippen LogP) is -2.30. The number of carboxylic acid groups (broad SMARTS) is 1. The molecule has 2 atom stereocenters. The maximum Gasteiger partial charge on any atom is 0.156 e. The van der Waals surface area contributed by atoms with Crippen molar-refractivity contribution in [3.8, 4) is 0 Å². The van der Waals surface area contributed by atoms with Gasteiger partial charge in [-0.05, 0) is 6.92 Å². The summed E-state index contributed by atoms with van der Waals surface area (Å²) in [6.07, 6.45) is -1.43. The van der Waals surface area contributed by atoms with Crippen LogP contribution in [0.4, 0.5) is 4.39 Å². The van der Waals surface area contributed by atoms with E-state index in [0.29, 0.717) is 0 Å². The number of hydrogen-bond acceptors (Lipinski definition) is 2. The normalized spacial score (nSPS) is 17.4. The lowest BCUT2D eigenvalue weighted by Gasteiger charge is -2.08. The number of hydrogen-bond donors (Lipinski definition) is 1. The quantitative estimate of drug-likeness (QED) is 0.446. The Hall–Kier alpha value is -0.640. The number of aliphatic carboxylic acids is 1. The van der Waals surface area contributed by atoms with Gasteiger partial charge in [0.05, 0.1) is 0 Å². The van der Waals surface area contributed by atoms with Crippen LogP contribution in [0.2, 0.25) is 0 Å². The smallest absolute Gasteiger partial charge is 0.156 e. The molecule has 48 valence electrons. The van der Waals surface area contributed by atoms with Crippen LogP contribution in [0.5, 0.6) is 0 Å². The minimum atomic E-state index is -1.44. The van der Waals surface area contributed by atoms with Crippen LogP contribution in [0.15, 0.2) is 0 Å². The van der Waals surface area contributed by atoms with Gasteiger partial charge in [0.1, 0.15) is 5.97 Å². The third-order valence-corrected chi connectivity index (χ3v) is 0.857. The van der Waals surface area contributed by atoms with Crippen LogP contribution >= 0.6 is 0 Å². The standard InChI is InChI=1S/C4H8FNO2/c1-2(5)3(6)4(7)8/h2-3H,6H2,1H3,(H,7,8)/t2-,3+/m0/s1. The molecule has 0 unspecified atom stereocenters. The number of carboxylic acids is 1. The summed E-state index contributed by atoms with van der Waals surface area (Å²) in [4.78, 5) is 9.73. The topological polar surface area (TPSA) is 67.8 Å². The molecular weight excluding hydrogens is 113 g/mol. The van der Waals surface area contributed by atoms with Crippen molar-refractivity contribution in [3.05, 3.63) is 0 Å². The molecule has 0 spiro atoms. The highest BCUT2D eigenvalue weighted by Crippen LogP contribution is 1.89. The first-order valence-electron chi connectivity index (χ1n) is 2.23. The molecular formula is C4H8FNO2. The van der Waals surface area contributed by atoms with Gasteiger partial charge in [0.25, 0.3) is 0 Å². The van der Waals surface area contributed by atoms with Crippen molar-refractivity contribution in [2.75, 3.05) is 0 Å². The Balaban J connectivity index is 3.64. The first kappa shape index (κ1) is 7.36. The summed E-state index contributed by atoms with van der Waals surface area (Å²) in [5, 5.41) is 9.73. The van der Waals surface area contributed by atoms with Gasteiger partial charge in [-0.1, -0.05) is 0 Å². The maximum atomic E-state index is 11.9. The molecule has 0 amide bonds. The van der Waals surface area contributed by atoms with E-state index in [2.05, 4.69) is 5.73 Å². The molecule has 0 aromatic rings. The van der Waals surface area contributed by atoms with Crippen molar-refractivity contribution >= 4 is 5.97 Å². The van der Waals surface area contributed by atoms with Crippen LogP contribution in [0.3, 0.4) is 0 Å². The van der Waals surface area contributed by atoms with E-state index in [-0.39, 0.29) is 0 Å². The molecule has 4 heteroatoms. The fourth-order valence-electron chi connectivity index (χ4n) is 0.188. The van der Waals surface area contributed by atoms with E-state index in [4.69, 9.17) is 0 Å². The van der Waals surface area contributed by atoms with E-state index in [1.54, 1.807) is 0 Å². The fraction of sp³-hybridized carbons (Fsp3) is 0.750. The van der Waals surface area contributed by atoms with E-state index in [0.717, 1.165) is 6.92 Å². The molecule has 0 heterocycles. The maximum absolute atomic E-state index is 11.9. The van der Waals surface area contributed by atoms with Gasteiger partial charge in [-0.25, -0.2) is 4.39 Å². The summed E-state index contributed by atoms with van der Waals surface area (Å²) in [6, 6.07) is -1.24. The Morgan fingerprint density at radius 1 is 1.88 bits per heavy atom. The average molecular weight is 121 g/mol. The highest BCUT2D eigenvalue weighted by molar-refractivity contribution is 5.69. The van der Waals surface area contributed by atoms with Crippen molar-refractivity contribution in [2.24, 2.45) is 0 Å². The Morgan fingerprint density at radius 3 is 2.25 bits per heavy atom. The number of carbonyl (C=O) groups excluding carboxylic acids is 1. The molecule has 0 saturated carbocycles. The van der Waals surface area contributed by atoms with Gasteiger partial charge in [0.2, 0.25) is 0 Å². The molecule has 0 aromatic carbocycles. The molecule has 3 nitrogen and oxygen atoms in total. The van der Waals surface area contributed by atoms with Gasteiger partial charge >= 0.3 is 0 Å². The summed E-state index contributed by atoms with van der Waals surface area (Å²) in [6.45, 7) is 1.13. The van der Waals surface area contributed by atoms with Crippen LogP contribution in [0.1, 0.15) is 6.92 Å². The first-order valence-corrected chi connectivity index (χ1v) is 2.23. The van der Waals surface area contributed by atoms with E-state index >= 15 is 0 Å². The summed E-state index contributed by atoms with van der Waals surface area (Å²) >= 11 is 0. The van der Waals surface area contributed by atoms with Crippen LogP contribution in [-0.2, 0) is 4.79 Å². The number of alkyl halides is 1. The first-order chi connectivity index (χ1) is 3.55. The van der Waals surface area contributed by atoms with E-state index in [1.807, 2.05) is 0 Å². The van der Waals surface area contributed by atoms with Gasteiger partial charge in [-0.2, -0.15) is 0 Å². The molecule has 0 aromatic heterocycles. The predicted molar refractivity (Wildman–Crippen MR) is 22.3 cm³/mol. The van der Waals surface area contributed by atoms with Gasteiger partial charge in [0, 0.05) is 0 Å². The summed E-state index contributed by atoms with van der Waals surface area (Å²) in [7, 11) is 0. The zero-order valence-corrected chi connectivity index (χ0v) is 4.56. The van der Waals surface area contributed by atoms with Crippen molar-refractivity contribution in [1.82, 2.24) is 0 Å². The summed E-state index contributed by atoms with van der Waals surface area (Å²) in [5.41, 5.74) is 3.00. The number of halogens is 1. The molecule has 0 fully saturated rings. The third-order valence-electron chi connectivity index (χ3n) is 0.857. The van der Waals surface area contributed by atoms with Crippen LogP contribution < -0.4 is 10.8 Å². The second kappa shape index (κ2) is 2.61. The lowest BCUT2D eigenvalue weighted by molar-refractivity contribution is -0.446. The van der Waals surface area contributed by atoms with Crippen LogP contribution in [0, 0.1) is 0 Å². The Bertz CT molecular complexity index is 94.0. The minimum Gasteiger partial charge on any atom is -0.544 e. The second-order valence-corrected chi connectivity index (χ2v) is 1.60. The molecule has 8 heavy (non-hydrogen) atoms. The zero-order valence-electron chi connectivity index (χ0n) is 4.56. The molecule has 0 aliphatic carbocycles. The minimum absolute atomic E-state index is 1.13. The Morgan fingerprint density at radius 2 is 2.25 bits per heavy atom. The van der Waals surface area contributed by atoms with Crippen molar-refractivity contribution in [1.29, 1.82) is 0 Å². The second-order valence-electron chi connectivity index (χ2n) is 1.60. The molecule has 3 N–H and O–H groups in total. The molecule has 0 aliphatic rings. The molecule has 0 aliphatic heterocycles. The lowest BCUT2D eigenvalue weighted by Crippen LogP contribution is -2.71. The number of rotatable bonds is 2. The zero-order chi connectivity index (χ0) is 6.73. The van der Waals surface area contributed by atoms with Gasteiger partial charge < -0.3 is 15.6 Å². The number of quaternary nitrogens is 1. The average Bonchev–Trinajstić information content (AvgIpc) is 1.64. The fourth-order valence-corrected chi connectivity index (χ4v) is 0.188.